The molecule has 0 radical (unpaired) electrons. The molecule has 0 saturated heterocycles. The molecule has 0 fully saturated rings. The first-order chi connectivity index (χ1) is 10.1. The maximum Gasteiger partial charge on any atom is 0.253 e. The fourth-order valence-corrected chi connectivity index (χ4v) is 2.20. The minimum absolute atomic E-state index is 0.151. The fraction of sp³-hybridized carbons (Fsp3) is 0.235. The lowest BCUT2D eigenvalue weighted by molar-refractivity contribution is 0.0955. The van der Waals surface area contributed by atoms with Gasteiger partial charge in [-0.25, -0.2) is 0 Å². The molecule has 0 aliphatic rings. The van der Waals surface area contributed by atoms with Crippen LogP contribution >= 0.6 is 0 Å². The second-order valence-electron chi connectivity index (χ2n) is 4.91. The van der Waals surface area contributed by atoms with Gasteiger partial charge in [-0.2, -0.15) is 0 Å². The molecule has 2 rings (SSSR count). The van der Waals surface area contributed by atoms with Crippen molar-refractivity contribution in [1.29, 1.82) is 0 Å². The fourth-order valence-electron chi connectivity index (χ4n) is 2.20. The van der Waals surface area contributed by atoms with Crippen molar-refractivity contribution in [2.24, 2.45) is 0 Å². The Morgan fingerprint density at radius 3 is 2.71 bits per heavy atom. The molecule has 1 amide bonds. The molecule has 0 saturated carbocycles. The molecule has 0 aliphatic carbocycles. The van der Waals surface area contributed by atoms with Crippen molar-refractivity contribution < 1.29 is 9.53 Å². The first-order valence-electron chi connectivity index (χ1n) is 6.88. The van der Waals surface area contributed by atoms with Gasteiger partial charge < -0.3 is 15.8 Å². The van der Waals surface area contributed by atoms with E-state index in [0.29, 0.717) is 24.2 Å². The zero-order chi connectivity index (χ0) is 15.2. The zero-order valence-corrected chi connectivity index (χ0v) is 12.3. The lowest BCUT2D eigenvalue weighted by atomic mass is 10.1. The quantitative estimate of drug-likeness (QED) is 0.829. The third kappa shape index (κ3) is 3.75. The Balaban J connectivity index is 1.95. The number of rotatable bonds is 5. The highest BCUT2D eigenvalue weighted by molar-refractivity contribution is 5.99. The third-order valence-corrected chi connectivity index (χ3v) is 3.32. The number of carbonyl (C=O) groups excluding carboxylic acids is 1. The van der Waals surface area contributed by atoms with Gasteiger partial charge in [-0.05, 0) is 42.7 Å². The smallest absolute Gasteiger partial charge is 0.253 e. The Morgan fingerprint density at radius 1 is 1.24 bits per heavy atom. The summed E-state index contributed by atoms with van der Waals surface area (Å²) in [6.45, 7) is 2.48. The summed E-state index contributed by atoms with van der Waals surface area (Å²) in [5.74, 6) is 0.684. The van der Waals surface area contributed by atoms with E-state index in [1.165, 1.54) is 0 Å². The highest BCUT2D eigenvalue weighted by Gasteiger charge is 2.09. The van der Waals surface area contributed by atoms with Gasteiger partial charge in [0.2, 0.25) is 0 Å². The molecule has 2 aromatic rings. The second kappa shape index (κ2) is 6.79. The van der Waals surface area contributed by atoms with Crippen LogP contribution in [0.25, 0.3) is 0 Å². The molecular weight excluding hydrogens is 264 g/mol. The van der Waals surface area contributed by atoms with E-state index in [-0.39, 0.29) is 5.91 Å². The average molecular weight is 284 g/mol. The van der Waals surface area contributed by atoms with E-state index in [1.54, 1.807) is 19.2 Å². The topological polar surface area (TPSA) is 64.3 Å². The van der Waals surface area contributed by atoms with Crippen LogP contribution < -0.4 is 15.8 Å². The summed E-state index contributed by atoms with van der Waals surface area (Å²) in [6, 6.07) is 13.2. The SMILES string of the molecule is COc1ccccc1CCNC(=O)c1ccc(C)cc1N. The minimum Gasteiger partial charge on any atom is -0.496 e. The zero-order valence-electron chi connectivity index (χ0n) is 12.3. The Hall–Kier alpha value is -2.49. The van der Waals surface area contributed by atoms with Crippen LogP contribution in [0.2, 0.25) is 0 Å². The number of amides is 1. The molecule has 4 heteroatoms. The average Bonchev–Trinajstić information content (AvgIpc) is 2.47. The van der Waals surface area contributed by atoms with Crippen LogP contribution in [-0.2, 0) is 6.42 Å². The minimum atomic E-state index is -0.151. The van der Waals surface area contributed by atoms with Crippen molar-refractivity contribution in [2.45, 2.75) is 13.3 Å². The molecule has 3 N–H and O–H groups in total. The summed E-state index contributed by atoms with van der Waals surface area (Å²) in [7, 11) is 1.64. The van der Waals surface area contributed by atoms with E-state index in [1.807, 2.05) is 37.3 Å². The van der Waals surface area contributed by atoms with E-state index in [0.717, 1.165) is 16.9 Å². The van der Waals surface area contributed by atoms with Crippen molar-refractivity contribution >= 4 is 11.6 Å². The van der Waals surface area contributed by atoms with Gasteiger partial charge in [0.15, 0.2) is 0 Å². The summed E-state index contributed by atoms with van der Waals surface area (Å²) >= 11 is 0. The predicted octanol–water partition coefficient (Wildman–Crippen LogP) is 2.56. The largest absolute Gasteiger partial charge is 0.496 e. The highest BCUT2D eigenvalue weighted by atomic mass is 16.5. The molecule has 4 nitrogen and oxygen atoms in total. The number of benzene rings is 2. The van der Waals surface area contributed by atoms with Crippen molar-refractivity contribution in [3.63, 3.8) is 0 Å². The Kier molecular flexibility index (Phi) is 4.82. The van der Waals surface area contributed by atoms with Gasteiger partial charge in [-0.1, -0.05) is 24.3 Å². The van der Waals surface area contributed by atoms with Gasteiger partial charge in [0.1, 0.15) is 5.75 Å². The number of carbonyl (C=O) groups is 1. The number of hydrogen-bond donors (Lipinski definition) is 2. The van der Waals surface area contributed by atoms with Crippen molar-refractivity contribution in [3.05, 3.63) is 59.2 Å². The van der Waals surface area contributed by atoms with Gasteiger partial charge in [0.25, 0.3) is 5.91 Å². The Bertz CT molecular complexity index is 638. The molecule has 0 unspecified atom stereocenters. The first-order valence-corrected chi connectivity index (χ1v) is 6.88. The van der Waals surface area contributed by atoms with Gasteiger partial charge >= 0.3 is 0 Å². The summed E-state index contributed by atoms with van der Waals surface area (Å²) < 4.78 is 5.29. The molecule has 110 valence electrons. The molecule has 2 aromatic carbocycles. The number of methoxy groups -OCH3 is 1. The monoisotopic (exact) mass is 284 g/mol. The number of ether oxygens (including phenoxy) is 1. The van der Waals surface area contributed by atoms with Crippen LogP contribution in [0.4, 0.5) is 5.69 Å². The van der Waals surface area contributed by atoms with Crippen LogP contribution in [0.5, 0.6) is 5.75 Å². The highest BCUT2D eigenvalue weighted by Crippen LogP contribution is 2.17. The van der Waals surface area contributed by atoms with Gasteiger partial charge in [-0.3, -0.25) is 4.79 Å². The van der Waals surface area contributed by atoms with Crippen LogP contribution in [0, 0.1) is 6.92 Å². The van der Waals surface area contributed by atoms with E-state index in [2.05, 4.69) is 5.32 Å². The lowest BCUT2D eigenvalue weighted by Gasteiger charge is -2.10. The number of anilines is 1. The van der Waals surface area contributed by atoms with Crippen molar-refractivity contribution in [2.75, 3.05) is 19.4 Å². The molecule has 0 spiro atoms. The number of hydrogen-bond acceptors (Lipinski definition) is 3. The summed E-state index contributed by atoms with van der Waals surface area (Å²) in [5.41, 5.74) is 9.00. The Morgan fingerprint density at radius 2 is 2.00 bits per heavy atom. The number of aryl methyl sites for hydroxylation is 1. The van der Waals surface area contributed by atoms with Crippen molar-refractivity contribution in [3.8, 4) is 5.75 Å². The molecule has 0 heterocycles. The molecule has 21 heavy (non-hydrogen) atoms. The van der Waals surface area contributed by atoms with Crippen LogP contribution in [0.3, 0.4) is 0 Å². The molecular formula is C17H20N2O2. The van der Waals surface area contributed by atoms with E-state index in [9.17, 15) is 4.79 Å². The first kappa shape index (κ1) is 14.9. The molecule has 0 aliphatic heterocycles. The molecule has 0 atom stereocenters. The normalized spacial score (nSPS) is 10.2. The number of nitrogens with one attached hydrogen (secondary N) is 1. The summed E-state index contributed by atoms with van der Waals surface area (Å²) in [6.07, 6.45) is 0.710. The van der Waals surface area contributed by atoms with Crippen LogP contribution in [-0.4, -0.2) is 19.6 Å². The molecule has 0 bridgehead atoms. The second-order valence-corrected chi connectivity index (χ2v) is 4.91. The predicted molar refractivity (Wildman–Crippen MR) is 84.6 cm³/mol. The van der Waals surface area contributed by atoms with Crippen molar-refractivity contribution in [1.82, 2.24) is 5.32 Å². The number of nitrogens with two attached hydrogens (primary N) is 1. The number of para-hydroxylation sites is 1. The van der Waals surface area contributed by atoms with E-state index < -0.39 is 0 Å². The standard InChI is InChI=1S/C17H20N2O2/c1-12-7-8-14(15(18)11-12)17(20)19-10-9-13-5-3-4-6-16(13)21-2/h3-8,11H,9-10,18H2,1-2H3,(H,19,20). The number of nitrogen functional groups attached to an aromatic ring is 1. The van der Waals surface area contributed by atoms with Gasteiger partial charge in [-0.15, -0.1) is 0 Å². The van der Waals surface area contributed by atoms with Gasteiger partial charge in [0, 0.05) is 12.2 Å². The van der Waals surface area contributed by atoms with Crippen LogP contribution in [0.15, 0.2) is 42.5 Å². The lowest BCUT2D eigenvalue weighted by Crippen LogP contribution is -2.26. The maximum atomic E-state index is 12.1. The molecule has 0 aromatic heterocycles. The maximum absolute atomic E-state index is 12.1. The third-order valence-electron chi connectivity index (χ3n) is 3.32. The summed E-state index contributed by atoms with van der Waals surface area (Å²) in [5, 5.41) is 2.88. The van der Waals surface area contributed by atoms with E-state index >= 15 is 0 Å². The Labute approximate surface area is 124 Å². The van der Waals surface area contributed by atoms with Gasteiger partial charge in [0.05, 0.1) is 12.7 Å². The van der Waals surface area contributed by atoms with Crippen LogP contribution in [0.1, 0.15) is 21.5 Å². The van der Waals surface area contributed by atoms with E-state index in [4.69, 9.17) is 10.5 Å². The summed E-state index contributed by atoms with van der Waals surface area (Å²) in [4.78, 5) is 12.1.